The number of likely N-dealkylation sites (tertiary alicyclic amines) is 1. The molecule has 2 saturated heterocycles. The lowest BCUT2D eigenvalue weighted by Gasteiger charge is -2.34. The molecule has 0 saturated carbocycles. The standard InChI is InChI=1S/C25H29N3O3S2/c1-17-14-18(2)16-27(15-17)33(30,31)20-11-9-19(10-12-20)25(29)28-13-5-7-22(28)24-26-21-6-3-4-8-23(21)32-24/h3-4,6,8-12,17-18,22H,5,7,13-16H2,1-2H3. The Morgan fingerprint density at radius 1 is 1.03 bits per heavy atom. The largest absolute Gasteiger partial charge is 0.329 e. The van der Waals surface area contributed by atoms with Crippen LogP contribution in [0.15, 0.2) is 53.4 Å². The zero-order valence-corrected chi connectivity index (χ0v) is 20.6. The quantitative estimate of drug-likeness (QED) is 0.527. The summed E-state index contributed by atoms with van der Waals surface area (Å²) in [6.45, 7) is 5.97. The molecule has 33 heavy (non-hydrogen) atoms. The minimum atomic E-state index is -3.56. The van der Waals surface area contributed by atoms with E-state index in [1.165, 1.54) is 0 Å². The summed E-state index contributed by atoms with van der Waals surface area (Å²) < 4.78 is 29.0. The monoisotopic (exact) mass is 483 g/mol. The SMILES string of the molecule is CC1CC(C)CN(S(=O)(=O)c2ccc(C(=O)N3CCCC3c3nc4ccccc4s3)cc2)C1. The number of carbonyl (C=O) groups excluding carboxylic acids is 1. The van der Waals surface area contributed by atoms with E-state index in [1.54, 1.807) is 39.9 Å². The molecule has 6 nitrogen and oxygen atoms in total. The van der Waals surface area contributed by atoms with E-state index in [0.29, 0.717) is 37.0 Å². The van der Waals surface area contributed by atoms with Crippen molar-refractivity contribution in [1.82, 2.24) is 14.2 Å². The van der Waals surface area contributed by atoms with Gasteiger partial charge in [0.2, 0.25) is 10.0 Å². The Labute approximate surface area is 199 Å². The van der Waals surface area contributed by atoms with Crippen molar-refractivity contribution in [3.8, 4) is 0 Å². The van der Waals surface area contributed by atoms with Crippen LogP contribution < -0.4 is 0 Å². The first-order valence-corrected chi connectivity index (χ1v) is 13.9. The average Bonchev–Trinajstić information content (AvgIpc) is 3.45. The summed E-state index contributed by atoms with van der Waals surface area (Å²) in [4.78, 5) is 20.2. The lowest BCUT2D eigenvalue weighted by molar-refractivity contribution is 0.0735. The molecule has 5 rings (SSSR count). The van der Waals surface area contributed by atoms with Crippen LogP contribution >= 0.6 is 11.3 Å². The Morgan fingerprint density at radius 3 is 2.42 bits per heavy atom. The third kappa shape index (κ3) is 4.32. The second-order valence-corrected chi connectivity index (χ2v) is 12.5. The van der Waals surface area contributed by atoms with E-state index >= 15 is 0 Å². The van der Waals surface area contributed by atoms with Crippen molar-refractivity contribution in [1.29, 1.82) is 0 Å². The summed E-state index contributed by atoms with van der Waals surface area (Å²) in [7, 11) is -3.56. The Bertz CT molecular complexity index is 1230. The van der Waals surface area contributed by atoms with Crippen LogP contribution in [0.25, 0.3) is 10.2 Å². The van der Waals surface area contributed by atoms with Crippen molar-refractivity contribution in [3.63, 3.8) is 0 Å². The minimum Gasteiger partial charge on any atom is -0.329 e. The van der Waals surface area contributed by atoms with Gasteiger partial charge in [-0.05, 0) is 67.5 Å². The molecule has 1 amide bonds. The molecule has 8 heteroatoms. The van der Waals surface area contributed by atoms with Gasteiger partial charge in [-0.15, -0.1) is 11.3 Å². The number of para-hydroxylation sites is 1. The van der Waals surface area contributed by atoms with Gasteiger partial charge >= 0.3 is 0 Å². The molecule has 3 heterocycles. The van der Waals surface area contributed by atoms with Crippen LogP contribution in [0.4, 0.5) is 0 Å². The van der Waals surface area contributed by atoms with E-state index in [2.05, 4.69) is 19.9 Å². The Kier molecular flexibility index (Phi) is 6.01. The van der Waals surface area contributed by atoms with Gasteiger partial charge in [0.1, 0.15) is 5.01 Å². The Morgan fingerprint density at radius 2 is 1.73 bits per heavy atom. The number of sulfonamides is 1. The summed E-state index contributed by atoms with van der Waals surface area (Å²) in [6.07, 6.45) is 2.87. The number of nitrogens with zero attached hydrogens (tertiary/aromatic N) is 3. The first-order valence-electron chi connectivity index (χ1n) is 11.6. The van der Waals surface area contributed by atoms with Crippen LogP contribution in [0, 0.1) is 11.8 Å². The third-order valence-electron chi connectivity index (χ3n) is 6.68. The van der Waals surface area contributed by atoms with Gasteiger partial charge in [0, 0.05) is 25.2 Å². The van der Waals surface area contributed by atoms with Crippen molar-refractivity contribution in [2.75, 3.05) is 19.6 Å². The molecule has 3 unspecified atom stereocenters. The number of hydrogen-bond donors (Lipinski definition) is 0. The maximum absolute atomic E-state index is 13.3. The van der Waals surface area contributed by atoms with Gasteiger partial charge in [-0.3, -0.25) is 4.79 Å². The number of hydrogen-bond acceptors (Lipinski definition) is 5. The first kappa shape index (κ1) is 22.5. The number of fused-ring (bicyclic) bond motifs is 1. The predicted octanol–water partition coefficient (Wildman–Crippen LogP) is 4.94. The van der Waals surface area contributed by atoms with Gasteiger partial charge in [-0.1, -0.05) is 26.0 Å². The number of aromatic nitrogens is 1. The smallest absolute Gasteiger partial charge is 0.254 e. The molecule has 0 aliphatic carbocycles. The van der Waals surface area contributed by atoms with Gasteiger partial charge < -0.3 is 4.90 Å². The number of carbonyl (C=O) groups is 1. The molecule has 2 aliphatic heterocycles. The highest BCUT2D eigenvalue weighted by molar-refractivity contribution is 7.89. The molecule has 3 aromatic rings. The molecule has 2 aromatic carbocycles. The van der Waals surface area contributed by atoms with Crippen LogP contribution in [-0.2, 0) is 10.0 Å². The number of thiazole rings is 1. The highest BCUT2D eigenvalue weighted by atomic mass is 32.2. The molecule has 174 valence electrons. The van der Waals surface area contributed by atoms with E-state index < -0.39 is 10.0 Å². The molecular weight excluding hydrogens is 454 g/mol. The van der Waals surface area contributed by atoms with Crippen LogP contribution in [0.5, 0.6) is 0 Å². The van der Waals surface area contributed by atoms with E-state index in [9.17, 15) is 13.2 Å². The van der Waals surface area contributed by atoms with Crippen molar-refractivity contribution in [3.05, 3.63) is 59.1 Å². The van der Waals surface area contributed by atoms with Crippen LogP contribution in [0.1, 0.15) is 54.5 Å². The maximum Gasteiger partial charge on any atom is 0.254 e. The number of benzene rings is 2. The number of rotatable bonds is 4. The van der Waals surface area contributed by atoms with E-state index in [4.69, 9.17) is 4.98 Å². The summed E-state index contributed by atoms with van der Waals surface area (Å²) >= 11 is 1.64. The number of amides is 1. The Balaban J connectivity index is 1.36. The third-order valence-corrected chi connectivity index (χ3v) is 9.67. The molecule has 3 atom stereocenters. The second kappa shape index (κ2) is 8.81. The van der Waals surface area contributed by atoms with Crippen molar-refractivity contribution < 1.29 is 13.2 Å². The van der Waals surface area contributed by atoms with Gasteiger partial charge in [0.25, 0.3) is 5.91 Å². The Hall–Kier alpha value is -2.29. The molecule has 0 radical (unpaired) electrons. The summed E-state index contributed by atoms with van der Waals surface area (Å²) in [5.41, 5.74) is 1.48. The molecule has 0 N–H and O–H groups in total. The molecule has 2 aliphatic rings. The lowest BCUT2D eigenvalue weighted by Crippen LogP contribution is -2.42. The zero-order valence-electron chi connectivity index (χ0n) is 19.0. The fraction of sp³-hybridized carbons (Fsp3) is 0.440. The molecule has 0 spiro atoms. The zero-order chi connectivity index (χ0) is 23.2. The summed E-state index contributed by atoms with van der Waals surface area (Å²) in [6, 6.07) is 14.5. The predicted molar refractivity (Wildman–Crippen MR) is 131 cm³/mol. The number of piperidine rings is 1. The van der Waals surface area contributed by atoms with E-state index in [0.717, 1.165) is 34.5 Å². The second-order valence-electron chi connectivity index (χ2n) is 9.47. The average molecular weight is 484 g/mol. The molecular formula is C25H29N3O3S2. The normalized spacial score (nSPS) is 24.4. The summed E-state index contributed by atoms with van der Waals surface area (Å²) in [5, 5.41) is 0.967. The molecule has 2 fully saturated rings. The van der Waals surface area contributed by atoms with Crippen molar-refractivity contribution in [2.24, 2.45) is 11.8 Å². The fourth-order valence-corrected chi connectivity index (χ4v) is 7.98. The molecule has 0 bridgehead atoms. The van der Waals surface area contributed by atoms with E-state index in [1.807, 2.05) is 23.1 Å². The summed E-state index contributed by atoms with van der Waals surface area (Å²) in [5.74, 6) is 0.624. The highest BCUT2D eigenvalue weighted by Crippen LogP contribution is 2.37. The van der Waals surface area contributed by atoms with Crippen LogP contribution in [0.3, 0.4) is 0 Å². The molecule has 1 aromatic heterocycles. The van der Waals surface area contributed by atoms with Crippen LogP contribution in [0.2, 0.25) is 0 Å². The van der Waals surface area contributed by atoms with Crippen molar-refractivity contribution >= 4 is 37.5 Å². The first-order chi connectivity index (χ1) is 15.8. The van der Waals surface area contributed by atoms with Gasteiger partial charge in [-0.2, -0.15) is 4.31 Å². The van der Waals surface area contributed by atoms with Gasteiger partial charge in [0.05, 0.1) is 21.2 Å². The fourth-order valence-electron chi connectivity index (χ4n) is 5.19. The minimum absolute atomic E-state index is 0.0327. The highest BCUT2D eigenvalue weighted by Gasteiger charge is 2.34. The van der Waals surface area contributed by atoms with E-state index in [-0.39, 0.29) is 16.8 Å². The van der Waals surface area contributed by atoms with Gasteiger partial charge in [-0.25, -0.2) is 13.4 Å². The van der Waals surface area contributed by atoms with Gasteiger partial charge in [0.15, 0.2) is 0 Å². The van der Waals surface area contributed by atoms with Crippen LogP contribution in [-0.4, -0.2) is 48.1 Å². The maximum atomic E-state index is 13.3. The van der Waals surface area contributed by atoms with Crippen molar-refractivity contribution in [2.45, 2.75) is 44.0 Å². The topological polar surface area (TPSA) is 70.6 Å². The lowest BCUT2D eigenvalue weighted by atomic mass is 9.94.